The predicted octanol–water partition coefficient (Wildman–Crippen LogP) is 2.30. The van der Waals surface area contributed by atoms with Crippen LogP contribution >= 0.6 is 0 Å². The zero-order valence-electron chi connectivity index (χ0n) is 16.8. The smallest absolute Gasteiger partial charge is 0.345 e. The van der Waals surface area contributed by atoms with E-state index in [1.165, 1.54) is 19.3 Å². The van der Waals surface area contributed by atoms with Gasteiger partial charge in [0.2, 0.25) is 0 Å². The zero-order valence-corrected chi connectivity index (χ0v) is 16.8. The Balaban J connectivity index is 1.80. The van der Waals surface area contributed by atoms with Crippen LogP contribution in [-0.2, 0) is 19.5 Å². The van der Waals surface area contributed by atoms with Crippen LogP contribution in [0.3, 0.4) is 0 Å². The Morgan fingerprint density at radius 2 is 2.12 bits per heavy atom. The van der Waals surface area contributed by atoms with Crippen LogP contribution < -0.4 is 16.3 Å². The first-order valence-electron chi connectivity index (χ1n) is 10.4. The first-order chi connectivity index (χ1) is 12.7. The van der Waals surface area contributed by atoms with E-state index in [2.05, 4.69) is 41.5 Å². The van der Waals surface area contributed by atoms with Crippen molar-refractivity contribution >= 4 is 5.96 Å². The lowest BCUT2D eigenvalue weighted by atomic mass is 10.1. The van der Waals surface area contributed by atoms with E-state index in [4.69, 9.17) is 0 Å². The second kappa shape index (κ2) is 11.0. The van der Waals surface area contributed by atoms with Crippen molar-refractivity contribution in [3.05, 3.63) is 16.3 Å². The number of guanidine groups is 1. The highest BCUT2D eigenvalue weighted by molar-refractivity contribution is 5.79. The Bertz CT molecular complexity index is 618. The van der Waals surface area contributed by atoms with Crippen LogP contribution in [-0.4, -0.2) is 39.4 Å². The molecule has 7 heteroatoms. The third-order valence-electron chi connectivity index (χ3n) is 4.80. The largest absolute Gasteiger partial charge is 0.357 e. The summed E-state index contributed by atoms with van der Waals surface area (Å²) < 4.78 is 3.44. The monoisotopic (exact) mass is 364 g/mol. The number of fused-ring (bicyclic) bond motifs is 1. The van der Waals surface area contributed by atoms with Crippen LogP contribution in [0.1, 0.15) is 71.5 Å². The summed E-state index contributed by atoms with van der Waals surface area (Å²) >= 11 is 0. The molecule has 2 N–H and O–H groups in total. The highest BCUT2D eigenvalue weighted by atomic mass is 16.2. The molecule has 148 valence electrons. The molecule has 0 aliphatic carbocycles. The Morgan fingerprint density at radius 1 is 1.27 bits per heavy atom. The molecule has 1 aromatic rings. The Morgan fingerprint density at radius 3 is 2.85 bits per heavy atom. The van der Waals surface area contributed by atoms with Crippen molar-refractivity contribution < 1.29 is 0 Å². The van der Waals surface area contributed by atoms with E-state index in [1.54, 1.807) is 4.68 Å². The second-order valence-electron chi connectivity index (χ2n) is 7.19. The van der Waals surface area contributed by atoms with Gasteiger partial charge in [-0.2, -0.15) is 5.10 Å². The summed E-state index contributed by atoms with van der Waals surface area (Å²) in [5.74, 6) is 1.81. The van der Waals surface area contributed by atoms with Gasteiger partial charge in [-0.3, -0.25) is 9.56 Å². The molecule has 0 spiro atoms. The molecule has 1 aliphatic rings. The van der Waals surface area contributed by atoms with E-state index in [0.29, 0.717) is 19.1 Å². The number of nitrogens with one attached hydrogen (secondary N) is 2. The topological polar surface area (TPSA) is 76.2 Å². The van der Waals surface area contributed by atoms with Crippen LogP contribution in [0.5, 0.6) is 0 Å². The number of aromatic nitrogens is 3. The van der Waals surface area contributed by atoms with Gasteiger partial charge in [-0.05, 0) is 39.5 Å². The van der Waals surface area contributed by atoms with Crippen molar-refractivity contribution in [3.63, 3.8) is 0 Å². The molecule has 1 aromatic heterocycles. The van der Waals surface area contributed by atoms with Crippen molar-refractivity contribution in [2.24, 2.45) is 4.99 Å². The predicted molar refractivity (Wildman–Crippen MR) is 107 cm³/mol. The van der Waals surface area contributed by atoms with Gasteiger partial charge in [0.05, 0.1) is 0 Å². The third-order valence-corrected chi connectivity index (χ3v) is 4.80. The maximum absolute atomic E-state index is 12.3. The number of hydrogen-bond acceptors (Lipinski definition) is 3. The van der Waals surface area contributed by atoms with E-state index < -0.39 is 0 Å². The minimum absolute atomic E-state index is 0.0401. The van der Waals surface area contributed by atoms with Gasteiger partial charge in [0.15, 0.2) is 5.96 Å². The van der Waals surface area contributed by atoms with Gasteiger partial charge < -0.3 is 10.6 Å². The minimum atomic E-state index is 0.0401. The lowest BCUT2D eigenvalue weighted by Crippen LogP contribution is -2.42. The molecule has 7 nitrogen and oxygen atoms in total. The summed E-state index contributed by atoms with van der Waals surface area (Å²) in [6.45, 7) is 9.49. The molecule has 0 fully saturated rings. The van der Waals surface area contributed by atoms with E-state index in [-0.39, 0.29) is 5.69 Å². The molecule has 2 heterocycles. The average molecular weight is 365 g/mol. The number of nitrogens with zero attached hydrogens (tertiary/aromatic N) is 4. The Kier molecular flexibility index (Phi) is 8.71. The van der Waals surface area contributed by atoms with Crippen molar-refractivity contribution in [1.82, 2.24) is 25.0 Å². The van der Waals surface area contributed by atoms with Crippen LogP contribution in [0, 0.1) is 0 Å². The molecule has 0 saturated heterocycles. The first kappa shape index (κ1) is 20.5. The molecular formula is C19H36N6O. The number of unbranched alkanes of at least 4 members (excludes halogenated alkanes) is 2. The van der Waals surface area contributed by atoms with Crippen LogP contribution in [0.2, 0.25) is 0 Å². The maximum atomic E-state index is 12.3. The van der Waals surface area contributed by atoms with Gasteiger partial charge in [-0.1, -0.05) is 26.2 Å². The second-order valence-corrected chi connectivity index (χ2v) is 7.19. The van der Waals surface area contributed by atoms with E-state index in [0.717, 1.165) is 57.0 Å². The van der Waals surface area contributed by atoms with Crippen molar-refractivity contribution in [1.29, 1.82) is 0 Å². The first-order valence-corrected chi connectivity index (χ1v) is 10.4. The quantitative estimate of drug-likeness (QED) is 0.379. The highest BCUT2D eigenvalue weighted by Gasteiger charge is 2.16. The molecule has 0 radical (unpaired) electrons. The summed E-state index contributed by atoms with van der Waals surface area (Å²) in [6, 6.07) is 0.418. The highest BCUT2D eigenvalue weighted by Crippen LogP contribution is 2.09. The summed E-state index contributed by atoms with van der Waals surface area (Å²) in [5.41, 5.74) is 0.0401. The molecule has 0 saturated carbocycles. The zero-order chi connectivity index (χ0) is 18.8. The van der Waals surface area contributed by atoms with E-state index in [9.17, 15) is 4.79 Å². The number of hydrogen-bond donors (Lipinski definition) is 2. The third kappa shape index (κ3) is 6.18. The molecule has 0 bridgehead atoms. The molecule has 1 unspecified atom stereocenters. The SMILES string of the molecule is CCCCCC(C)NC(=NCCCn1nc2n(c1=O)CCCC2)NCC. The Hall–Kier alpha value is -1.79. The minimum Gasteiger partial charge on any atom is -0.357 e. The summed E-state index contributed by atoms with van der Waals surface area (Å²) in [4.78, 5) is 17.0. The van der Waals surface area contributed by atoms with Gasteiger partial charge in [0.25, 0.3) is 0 Å². The molecule has 2 rings (SSSR count). The normalized spacial score (nSPS) is 15.6. The Labute approximate surface area is 157 Å². The van der Waals surface area contributed by atoms with E-state index >= 15 is 0 Å². The fourth-order valence-corrected chi connectivity index (χ4v) is 3.33. The molecular weight excluding hydrogens is 328 g/mol. The van der Waals surface area contributed by atoms with Crippen LogP contribution in [0.25, 0.3) is 0 Å². The lowest BCUT2D eigenvalue weighted by molar-refractivity contribution is 0.509. The maximum Gasteiger partial charge on any atom is 0.345 e. The molecule has 1 aliphatic heterocycles. The lowest BCUT2D eigenvalue weighted by Gasteiger charge is -2.17. The summed E-state index contributed by atoms with van der Waals surface area (Å²) in [6.07, 6.45) is 8.89. The molecule has 0 aromatic carbocycles. The summed E-state index contributed by atoms with van der Waals surface area (Å²) in [5, 5.41) is 11.3. The van der Waals surface area contributed by atoms with Gasteiger partial charge in [0, 0.05) is 38.6 Å². The van der Waals surface area contributed by atoms with Crippen LogP contribution in [0.15, 0.2) is 9.79 Å². The molecule has 26 heavy (non-hydrogen) atoms. The van der Waals surface area contributed by atoms with E-state index in [1.807, 2.05) is 4.57 Å². The standard InChI is InChI=1S/C19H36N6O/c1-4-6-7-11-16(3)22-18(20-5-2)21-13-10-15-25-19(26)24-14-9-8-12-17(24)23-25/h16H,4-15H2,1-3H3,(H2,20,21,22). The number of aryl methyl sites for hydroxylation is 2. The fourth-order valence-electron chi connectivity index (χ4n) is 3.33. The van der Waals surface area contributed by atoms with Gasteiger partial charge >= 0.3 is 5.69 Å². The number of aliphatic imine (C=N–C) groups is 1. The van der Waals surface area contributed by atoms with Crippen molar-refractivity contribution in [2.45, 2.75) is 91.3 Å². The average Bonchev–Trinajstić information content (AvgIpc) is 2.95. The van der Waals surface area contributed by atoms with Gasteiger partial charge in [-0.15, -0.1) is 0 Å². The number of rotatable bonds is 10. The van der Waals surface area contributed by atoms with Gasteiger partial charge in [-0.25, -0.2) is 9.48 Å². The van der Waals surface area contributed by atoms with Crippen LogP contribution in [0.4, 0.5) is 0 Å². The summed E-state index contributed by atoms with van der Waals surface area (Å²) in [7, 11) is 0. The fraction of sp³-hybridized carbons (Fsp3) is 0.842. The van der Waals surface area contributed by atoms with Gasteiger partial charge in [0.1, 0.15) is 5.82 Å². The molecule has 0 amide bonds. The van der Waals surface area contributed by atoms with Crippen molar-refractivity contribution in [2.75, 3.05) is 13.1 Å². The van der Waals surface area contributed by atoms with Crippen molar-refractivity contribution in [3.8, 4) is 0 Å². The molecule has 1 atom stereocenters.